The molecule has 0 aromatic heterocycles. The van der Waals surface area contributed by atoms with Crippen LogP contribution in [0.1, 0.15) is 22.8 Å². The molecule has 0 aliphatic carbocycles. The molecule has 0 aliphatic rings. The number of alkyl halides is 3. The molecule has 0 saturated carbocycles. The van der Waals surface area contributed by atoms with Crippen molar-refractivity contribution >= 4 is 21.8 Å². The summed E-state index contributed by atoms with van der Waals surface area (Å²) in [5.74, 6) is -0.444. The maximum absolute atomic E-state index is 12.8. The molecule has 0 spiro atoms. The second-order valence-electron chi connectivity index (χ2n) is 3.82. The van der Waals surface area contributed by atoms with Crippen molar-refractivity contribution in [1.29, 1.82) is 0 Å². The van der Waals surface area contributed by atoms with E-state index < -0.39 is 17.6 Å². The van der Waals surface area contributed by atoms with Gasteiger partial charge in [0.25, 0.3) is 5.91 Å². The van der Waals surface area contributed by atoms with Crippen molar-refractivity contribution in [2.45, 2.75) is 13.1 Å². The van der Waals surface area contributed by atoms with E-state index in [4.69, 9.17) is 0 Å². The Morgan fingerprint density at radius 1 is 1.47 bits per heavy atom. The van der Waals surface area contributed by atoms with Crippen LogP contribution in [0, 0.1) is 0 Å². The zero-order valence-corrected chi connectivity index (χ0v) is 11.9. The SMILES string of the molecule is C=CCN(CC)C(=O)c1ccc(Br)c(C(F)(F)F)c1. The van der Waals surface area contributed by atoms with Crippen LogP contribution in [0.3, 0.4) is 0 Å². The standard InChI is InChI=1S/C13H13BrF3NO/c1-3-7-18(4-2)12(19)9-5-6-11(14)10(8-9)13(15,16)17/h3,5-6,8H,1,4,7H2,2H3. The Bertz CT molecular complexity index is 485. The van der Waals surface area contributed by atoms with Gasteiger partial charge in [-0.15, -0.1) is 6.58 Å². The van der Waals surface area contributed by atoms with Gasteiger partial charge in [-0.1, -0.05) is 22.0 Å². The van der Waals surface area contributed by atoms with E-state index in [1.165, 1.54) is 23.1 Å². The molecule has 1 amide bonds. The largest absolute Gasteiger partial charge is 0.417 e. The molecule has 0 N–H and O–H groups in total. The van der Waals surface area contributed by atoms with Crippen LogP contribution in [-0.2, 0) is 6.18 Å². The minimum atomic E-state index is -4.50. The molecule has 0 saturated heterocycles. The van der Waals surface area contributed by atoms with E-state index in [-0.39, 0.29) is 10.0 Å². The number of hydrogen-bond acceptors (Lipinski definition) is 1. The lowest BCUT2D eigenvalue weighted by atomic mass is 10.1. The number of likely N-dealkylation sites (N-methyl/N-ethyl adjacent to an activating group) is 1. The van der Waals surface area contributed by atoms with E-state index in [9.17, 15) is 18.0 Å². The molecule has 1 aromatic carbocycles. The summed E-state index contributed by atoms with van der Waals surface area (Å²) >= 11 is 2.84. The Balaban J connectivity index is 3.15. The maximum Gasteiger partial charge on any atom is 0.417 e. The van der Waals surface area contributed by atoms with Gasteiger partial charge in [-0.05, 0) is 25.1 Å². The van der Waals surface area contributed by atoms with E-state index in [2.05, 4.69) is 22.5 Å². The number of carbonyl (C=O) groups excluding carboxylic acids is 1. The van der Waals surface area contributed by atoms with Crippen LogP contribution in [0.15, 0.2) is 35.3 Å². The van der Waals surface area contributed by atoms with Gasteiger partial charge in [0.1, 0.15) is 0 Å². The highest BCUT2D eigenvalue weighted by molar-refractivity contribution is 9.10. The smallest absolute Gasteiger partial charge is 0.335 e. The zero-order chi connectivity index (χ0) is 14.6. The van der Waals surface area contributed by atoms with E-state index in [0.717, 1.165) is 6.07 Å². The molecule has 19 heavy (non-hydrogen) atoms. The maximum atomic E-state index is 12.8. The van der Waals surface area contributed by atoms with Crippen LogP contribution in [-0.4, -0.2) is 23.9 Å². The van der Waals surface area contributed by atoms with Gasteiger partial charge < -0.3 is 4.90 Å². The fourth-order valence-corrected chi connectivity index (χ4v) is 2.04. The van der Waals surface area contributed by atoms with E-state index in [0.29, 0.717) is 13.1 Å². The van der Waals surface area contributed by atoms with Crippen LogP contribution in [0.2, 0.25) is 0 Å². The minimum Gasteiger partial charge on any atom is -0.335 e. The minimum absolute atomic E-state index is 0.0132. The summed E-state index contributed by atoms with van der Waals surface area (Å²) in [6.45, 7) is 5.97. The first kappa shape index (κ1) is 15.8. The lowest BCUT2D eigenvalue weighted by molar-refractivity contribution is -0.138. The third-order valence-electron chi connectivity index (χ3n) is 2.54. The Morgan fingerprint density at radius 2 is 2.11 bits per heavy atom. The molecule has 0 fully saturated rings. The van der Waals surface area contributed by atoms with Crippen molar-refractivity contribution < 1.29 is 18.0 Å². The van der Waals surface area contributed by atoms with Gasteiger partial charge in [-0.3, -0.25) is 4.79 Å². The molecular weight excluding hydrogens is 323 g/mol. The molecule has 0 aliphatic heterocycles. The molecule has 0 radical (unpaired) electrons. The van der Waals surface area contributed by atoms with Crippen LogP contribution in [0.25, 0.3) is 0 Å². The average molecular weight is 336 g/mol. The monoisotopic (exact) mass is 335 g/mol. The molecule has 0 heterocycles. The number of rotatable bonds is 4. The highest BCUT2D eigenvalue weighted by Gasteiger charge is 2.33. The van der Waals surface area contributed by atoms with Gasteiger partial charge in [0.15, 0.2) is 0 Å². The van der Waals surface area contributed by atoms with Gasteiger partial charge in [-0.2, -0.15) is 13.2 Å². The summed E-state index contributed by atoms with van der Waals surface area (Å²) in [5, 5.41) is 0. The predicted octanol–water partition coefficient (Wildman–Crippen LogP) is 4.12. The molecule has 0 bridgehead atoms. The van der Waals surface area contributed by atoms with E-state index >= 15 is 0 Å². The highest BCUT2D eigenvalue weighted by atomic mass is 79.9. The van der Waals surface area contributed by atoms with Crippen LogP contribution < -0.4 is 0 Å². The van der Waals surface area contributed by atoms with Gasteiger partial charge in [0.2, 0.25) is 0 Å². The Morgan fingerprint density at radius 3 is 2.58 bits per heavy atom. The third kappa shape index (κ3) is 3.83. The first-order chi connectivity index (χ1) is 8.81. The van der Waals surface area contributed by atoms with Crippen LogP contribution in [0.4, 0.5) is 13.2 Å². The van der Waals surface area contributed by atoms with Gasteiger partial charge in [0, 0.05) is 23.1 Å². The predicted molar refractivity (Wildman–Crippen MR) is 70.9 cm³/mol. The fourth-order valence-electron chi connectivity index (χ4n) is 1.57. The van der Waals surface area contributed by atoms with Gasteiger partial charge >= 0.3 is 6.18 Å². The van der Waals surface area contributed by atoms with Crippen molar-refractivity contribution in [2.75, 3.05) is 13.1 Å². The van der Waals surface area contributed by atoms with Crippen LogP contribution >= 0.6 is 15.9 Å². The third-order valence-corrected chi connectivity index (χ3v) is 3.23. The number of halogens is 4. The first-order valence-corrected chi connectivity index (χ1v) is 6.37. The van der Waals surface area contributed by atoms with Crippen molar-refractivity contribution in [3.63, 3.8) is 0 Å². The second kappa shape index (κ2) is 6.23. The first-order valence-electron chi connectivity index (χ1n) is 5.58. The number of carbonyl (C=O) groups is 1. The Kier molecular flexibility index (Phi) is 5.17. The van der Waals surface area contributed by atoms with Crippen molar-refractivity contribution in [3.05, 3.63) is 46.5 Å². The van der Waals surface area contributed by atoms with Gasteiger partial charge in [0.05, 0.1) is 5.56 Å². The summed E-state index contributed by atoms with van der Waals surface area (Å²) in [6.07, 6.45) is -2.96. The number of nitrogens with zero attached hydrogens (tertiary/aromatic N) is 1. The number of hydrogen-bond donors (Lipinski definition) is 0. The summed E-state index contributed by atoms with van der Waals surface area (Å²) in [5.41, 5.74) is -0.841. The molecular formula is C13H13BrF3NO. The lowest BCUT2D eigenvalue weighted by Crippen LogP contribution is -2.31. The molecule has 1 aromatic rings. The summed E-state index contributed by atoms with van der Waals surface area (Å²) in [4.78, 5) is 13.5. The lowest BCUT2D eigenvalue weighted by Gasteiger charge is -2.20. The van der Waals surface area contributed by atoms with Crippen LogP contribution in [0.5, 0.6) is 0 Å². The summed E-state index contributed by atoms with van der Waals surface area (Å²) in [6, 6.07) is 3.46. The second-order valence-corrected chi connectivity index (χ2v) is 4.68. The molecule has 6 heteroatoms. The number of amides is 1. The average Bonchev–Trinajstić information content (AvgIpc) is 2.34. The molecule has 0 atom stereocenters. The van der Waals surface area contributed by atoms with E-state index in [1.807, 2.05) is 0 Å². The summed E-state index contributed by atoms with van der Waals surface area (Å²) < 4.78 is 38.2. The Hall–Kier alpha value is -1.30. The van der Waals surface area contributed by atoms with E-state index in [1.54, 1.807) is 6.92 Å². The van der Waals surface area contributed by atoms with Crippen molar-refractivity contribution in [2.24, 2.45) is 0 Å². The quantitative estimate of drug-likeness (QED) is 0.758. The molecule has 104 valence electrons. The van der Waals surface area contributed by atoms with Crippen molar-refractivity contribution in [3.8, 4) is 0 Å². The fraction of sp³-hybridized carbons (Fsp3) is 0.308. The molecule has 1 rings (SSSR count). The normalized spacial score (nSPS) is 11.2. The Labute approximate surface area is 118 Å². The molecule has 0 unspecified atom stereocenters. The highest BCUT2D eigenvalue weighted by Crippen LogP contribution is 2.35. The zero-order valence-electron chi connectivity index (χ0n) is 10.3. The topological polar surface area (TPSA) is 20.3 Å². The van der Waals surface area contributed by atoms with Gasteiger partial charge in [-0.25, -0.2) is 0 Å². The summed E-state index contributed by atoms with van der Waals surface area (Å²) in [7, 11) is 0. The number of benzene rings is 1. The molecule has 2 nitrogen and oxygen atoms in total. The van der Waals surface area contributed by atoms with Crippen molar-refractivity contribution in [1.82, 2.24) is 4.90 Å².